The van der Waals surface area contributed by atoms with Crippen LogP contribution in [-0.4, -0.2) is 71.4 Å². The molecule has 3 aromatic rings. The molecule has 2 N–H and O–H groups in total. The molecule has 186 valence electrons. The van der Waals surface area contributed by atoms with Crippen molar-refractivity contribution in [1.29, 1.82) is 0 Å². The number of fused-ring (bicyclic) bond motifs is 2. The number of amides is 1. The molecule has 0 unspecified atom stereocenters. The fraction of sp³-hybridized carbons (Fsp3) is 0.333. The van der Waals surface area contributed by atoms with Crippen LogP contribution in [0.5, 0.6) is 5.75 Å². The number of phenolic OH excluding ortho intramolecular Hbond substituents is 1. The van der Waals surface area contributed by atoms with Crippen molar-refractivity contribution >= 4 is 40.4 Å². The van der Waals surface area contributed by atoms with Crippen molar-refractivity contribution in [2.45, 2.75) is 19.4 Å². The molecule has 1 saturated heterocycles. The van der Waals surface area contributed by atoms with Gasteiger partial charge in [0.2, 0.25) is 11.9 Å². The first-order valence-electron chi connectivity index (χ1n) is 12.3. The molecule has 9 heteroatoms. The molecule has 1 aromatic heterocycles. The number of nitrogens with zero attached hydrogens (tertiary/aromatic N) is 5. The highest BCUT2D eigenvalue weighted by atomic mass is 16.3. The van der Waals surface area contributed by atoms with Crippen molar-refractivity contribution < 1.29 is 14.7 Å². The summed E-state index contributed by atoms with van der Waals surface area (Å²) in [6.45, 7) is 7.98. The van der Waals surface area contributed by atoms with Gasteiger partial charge in [-0.2, -0.15) is 4.98 Å². The zero-order valence-corrected chi connectivity index (χ0v) is 20.2. The van der Waals surface area contributed by atoms with E-state index in [4.69, 9.17) is 9.97 Å². The Morgan fingerprint density at radius 2 is 1.89 bits per heavy atom. The third-order valence-corrected chi connectivity index (χ3v) is 6.82. The Labute approximate surface area is 210 Å². The van der Waals surface area contributed by atoms with Gasteiger partial charge in [-0.15, -0.1) is 0 Å². The molecule has 2 aliphatic rings. The van der Waals surface area contributed by atoms with Gasteiger partial charge in [-0.05, 0) is 23.9 Å². The average Bonchev–Trinajstić information content (AvgIpc) is 2.91. The Morgan fingerprint density at radius 3 is 2.67 bits per heavy atom. The molecular weight excluding hydrogens is 456 g/mol. The van der Waals surface area contributed by atoms with E-state index < -0.39 is 0 Å². The summed E-state index contributed by atoms with van der Waals surface area (Å²) >= 11 is 0. The van der Waals surface area contributed by atoms with Gasteiger partial charge < -0.3 is 29.9 Å². The molecule has 0 spiro atoms. The van der Waals surface area contributed by atoms with Crippen molar-refractivity contribution in [3.63, 3.8) is 0 Å². The number of aromatic nitrogens is 2. The number of piperazine rings is 1. The molecule has 5 rings (SSSR count). The molecule has 2 aliphatic heterocycles. The largest absolute Gasteiger partial charge is 0.508 e. The highest BCUT2D eigenvalue weighted by Crippen LogP contribution is 2.36. The first kappa shape index (κ1) is 23.6. The van der Waals surface area contributed by atoms with Gasteiger partial charge in [0.15, 0.2) is 0 Å². The zero-order chi connectivity index (χ0) is 25.1. The Hall–Kier alpha value is -4.14. The lowest BCUT2D eigenvalue weighted by atomic mass is 10.0. The number of phenols is 1. The summed E-state index contributed by atoms with van der Waals surface area (Å²) in [7, 11) is 0. The Morgan fingerprint density at radius 1 is 1.08 bits per heavy atom. The highest BCUT2D eigenvalue weighted by molar-refractivity contribution is 5.95. The second-order valence-corrected chi connectivity index (χ2v) is 9.05. The summed E-state index contributed by atoms with van der Waals surface area (Å²) in [5.74, 6) is 1.57. The molecule has 1 amide bonds. The van der Waals surface area contributed by atoms with Crippen LogP contribution >= 0.6 is 0 Å². The van der Waals surface area contributed by atoms with E-state index in [-0.39, 0.29) is 11.7 Å². The lowest BCUT2D eigenvalue weighted by Gasteiger charge is -2.38. The van der Waals surface area contributed by atoms with Gasteiger partial charge in [0.1, 0.15) is 17.9 Å². The van der Waals surface area contributed by atoms with E-state index in [1.165, 1.54) is 6.08 Å². The summed E-state index contributed by atoms with van der Waals surface area (Å²) < 4.78 is 0. The first-order chi connectivity index (χ1) is 17.6. The van der Waals surface area contributed by atoms with Crippen LogP contribution < -0.4 is 15.1 Å². The fourth-order valence-electron chi connectivity index (χ4n) is 5.00. The number of rotatable bonds is 7. The molecule has 3 heterocycles. The SMILES string of the molecule is C=CC(=O)N1CCN(c2nc(NCCC=O)nc3c2CCN(c2cc(O)cc4ccccc24)C3)CC1. The lowest BCUT2D eigenvalue weighted by Crippen LogP contribution is -2.49. The van der Waals surface area contributed by atoms with Crippen molar-refractivity contribution in [2.75, 3.05) is 54.4 Å². The van der Waals surface area contributed by atoms with E-state index in [1.54, 1.807) is 11.0 Å². The predicted molar refractivity (Wildman–Crippen MR) is 141 cm³/mol. The van der Waals surface area contributed by atoms with Gasteiger partial charge in [0.25, 0.3) is 0 Å². The fourth-order valence-corrected chi connectivity index (χ4v) is 5.00. The maximum absolute atomic E-state index is 12.0. The van der Waals surface area contributed by atoms with E-state index in [1.807, 2.05) is 24.3 Å². The zero-order valence-electron chi connectivity index (χ0n) is 20.2. The molecular formula is C27H30N6O3. The second-order valence-electron chi connectivity index (χ2n) is 9.05. The molecule has 0 bridgehead atoms. The Balaban J connectivity index is 1.47. The van der Waals surface area contributed by atoms with Gasteiger partial charge in [-0.1, -0.05) is 30.8 Å². The minimum Gasteiger partial charge on any atom is -0.508 e. The third kappa shape index (κ3) is 4.68. The molecule has 2 aromatic carbocycles. The van der Waals surface area contributed by atoms with Crippen LogP contribution in [0.15, 0.2) is 49.1 Å². The number of aromatic hydroxyl groups is 1. The number of anilines is 3. The molecule has 0 saturated carbocycles. The summed E-state index contributed by atoms with van der Waals surface area (Å²) in [5, 5.41) is 15.6. The minimum atomic E-state index is -0.0513. The third-order valence-electron chi connectivity index (χ3n) is 6.82. The van der Waals surface area contributed by atoms with E-state index in [0.717, 1.165) is 52.8 Å². The number of aldehydes is 1. The van der Waals surface area contributed by atoms with Crippen molar-refractivity contribution in [3.8, 4) is 5.75 Å². The van der Waals surface area contributed by atoms with Crippen LogP contribution in [0.3, 0.4) is 0 Å². The Kier molecular flexibility index (Phi) is 6.71. The van der Waals surface area contributed by atoms with E-state index in [9.17, 15) is 14.7 Å². The lowest BCUT2D eigenvalue weighted by molar-refractivity contribution is -0.126. The molecule has 0 atom stereocenters. The number of nitrogens with one attached hydrogen (secondary N) is 1. The smallest absolute Gasteiger partial charge is 0.246 e. The van der Waals surface area contributed by atoms with Crippen molar-refractivity contribution in [2.24, 2.45) is 0 Å². The molecule has 0 aliphatic carbocycles. The van der Waals surface area contributed by atoms with Gasteiger partial charge in [-0.3, -0.25) is 4.79 Å². The maximum atomic E-state index is 12.0. The highest BCUT2D eigenvalue weighted by Gasteiger charge is 2.28. The average molecular weight is 487 g/mol. The van der Waals surface area contributed by atoms with Crippen LogP contribution in [0.1, 0.15) is 17.7 Å². The Bertz CT molecular complexity index is 1300. The van der Waals surface area contributed by atoms with Gasteiger partial charge in [0.05, 0.1) is 12.2 Å². The summed E-state index contributed by atoms with van der Waals surface area (Å²) in [6, 6.07) is 11.6. The van der Waals surface area contributed by atoms with E-state index in [0.29, 0.717) is 51.6 Å². The van der Waals surface area contributed by atoms with Crippen LogP contribution in [-0.2, 0) is 22.6 Å². The monoisotopic (exact) mass is 486 g/mol. The van der Waals surface area contributed by atoms with E-state index >= 15 is 0 Å². The van der Waals surface area contributed by atoms with Crippen molar-refractivity contribution in [3.05, 3.63) is 60.3 Å². The van der Waals surface area contributed by atoms with E-state index in [2.05, 4.69) is 27.8 Å². The maximum Gasteiger partial charge on any atom is 0.246 e. The van der Waals surface area contributed by atoms with Crippen LogP contribution in [0.2, 0.25) is 0 Å². The van der Waals surface area contributed by atoms with Gasteiger partial charge in [0, 0.05) is 68.4 Å². The van der Waals surface area contributed by atoms with Crippen LogP contribution in [0.4, 0.5) is 17.5 Å². The second kappa shape index (κ2) is 10.2. The normalized spacial score (nSPS) is 15.5. The van der Waals surface area contributed by atoms with Gasteiger partial charge in [-0.25, -0.2) is 4.98 Å². The van der Waals surface area contributed by atoms with Crippen LogP contribution in [0.25, 0.3) is 10.8 Å². The van der Waals surface area contributed by atoms with Gasteiger partial charge >= 0.3 is 0 Å². The number of hydrogen-bond donors (Lipinski definition) is 2. The molecule has 0 radical (unpaired) electrons. The van der Waals surface area contributed by atoms with Crippen molar-refractivity contribution in [1.82, 2.24) is 14.9 Å². The topological polar surface area (TPSA) is 102 Å². The first-order valence-corrected chi connectivity index (χ1v) is 12.3. The minimum absolute atomic E-state index is 0.0513. The molecule has 1 fully saturated rings. The summed E-state index contributed by atoms with van der Waals surface area (Å²) in [5.41, 5.74) is 3.01. The predicted octanol–water partition coefficient (Wildman–Crippen LogP) is 2.73. The number of carbonyl (C=O) groups is 2. The number of hydrogen-bond acceptors (Lipinski definition) is 8. The summed E-state index contributed by atoms with van der Waals surface area (Å²) in [4.78, 5) is 38.8. The summed E-state index contributed by atoms with van der Waals surface area (Å²) in [6.07, 6.45) is 3.36. The standard InChI is InChI=1S/C27H30N6O3/c1-2-25(36)31-11-13-32(14-12-31)26-22-8-10-33(18-23(22)29-27(30-26)28-9-5-15-34)24-17-20(35)16-19-6-3-4-7-21(19)24/h2-4,6-7,15-17,35H,1,5,8-14,18H2,(H,28,29,30). The molecule has 36 heavy (non-hydrogen) atoms. The number of benzene rings is 2. The number of carbonyl (C=O) groups excluding carboxylic acids is 2. The van der Waals surface area contributed by atoms with Crippen LogP contribution in [0, 0.1) is 0 Å². The quantitative estimate of drug-likeness (QED) is 0.299. The molecule has 9 nitrogen and oxygen atoms in total.